The third kappa shape index (κ3) is 4.07. The third-order valence-electron chi connectivity index (χ3n) is 3.88. The number of pyridine rings is 2. The van der Waals surface area contributed by atoms with Crippen molar-refractivity contribution in [2.24, 2.45) is 5.84 Å². The molecular weight excluding hydrogens is 336 g/mol. The van der Waals surface area contributed by atoms with E-state index in [1.807, 2.05) is 56.4 Å². The number of ether oxygens (including phenoxy) is 1. The van der Waals surface area contributed by atoms with E-state index < -0.39 is 0 Å². The molecule has 0 spiro atoms. The van der Waals surface area contributed by atoms with Gasteiger partial charge in [0.1, 0.15) is 11.8 Å². The van der Waals surface area contributed by atoms with Gasteiger partial charge in [0.15, 0.2) is 0 Å². The summed E-state index contributed by atoms with van der Waals surface area (Å²) in [7, 11) is 1.81. The highest BCUT2D eigenvalue weighted by Crippen LogP contribution is 2.24. The van der Waals surface area contributed by atoms with Crippen LogP contribution in [0, 0.1) is 6.92 Å². The normalized spacial score (nSPS) is 10.6. The van der Waals surface area contributed by atoms with E-state index in [9.17, 15) is 0 Å². The Bertz CT molecular complexity index is 866. The van der Waals surface area contributed by atoms with Gasteiger partial charge in [-0.3, -0.25) is 0 Å². The van der Waals surface area contributed by atoms with Crippen molar-refractivity contribution in [3.8, 4) is 17.1 Å². The molecule has 0 aliphatic rings. The fourth-order valence-electron chi connectivity index (χ4n) is 2.53. The van der Waals surface area contributed by atoms with Crippen molar-refractivity contribution < 1.29 is 4.74 Å². The molecule has 0 bridgehead atoms. The fourth-order valence-corrected chi connectivity index (χ4v) is 2.65. The second-order valence-corrected chi connectivity index (χ2v) is 6.09. The lowest BCUT2D eigenvalue weighted by atomic mass is 10.1. The number of rotatable bonds is 5. The minimum atomic E-state index is 0.388. The Morgan fingerprint density at radius 1 is 1.12 bits per heavy atom. The first kappa shape index (κ1) is 17.2. The van der Waals surface area contributed by atoms with Crippen molar-refractivity contribution >= 4 is 17.3 Å². The highest BCUT2D eigenvalue weighted by atomic mass is 35.5. The number of benzene rings is 1. The average molecular weight is 355 g/mol. The molecule has 0 fully saturated rings. The molecule has 6 heteroatoms. The van der Waals surface area contributed by atoms with E-state index in [-0.39, 0.29) is 0 Å². The Hall–Kier alpha value is -2.63. The number of aromatic nitrogens is 2. The van der Waals surface area contributed by atoms with Crippen molar-refractivity contribution in [1.29, 1.82) is 0 Å². The first-order valence-corrected chi connectivity index (χ1v) is 8.21. The largest absolute Gasteiger partial charge is 0.473 e. The van der Waals surface area contributed by atoms with Gasteiger partial charge in [-0.25, -0.2) is 15.8 Å². The van der Waals surface area contributed by atoms with Gasteiger partial charge in [-0.1, -0.05) is 29.8 Å². The van der Waals surface area contributed by atoms with E-state index in [0.717, 1.165) is 28.1 Å². The lowest BCUT2D eigenvalue weighted by molar-refractivity contribution is 0.294. The topological polar surface area (TPSA) is 64.3 Å². The molecule has 2 heterocycles. The predicted octanol–water partition coefficient (Wildman–Crippen LogP) is 3.99. The predicted molar refractivity (Wildman–Crippen MR) is 101 cm³/mol. The molecule has 0 aliphatic heterocycles. The number of aryl methyl sites for hydroxylation is 1. The van der Waals surface area contributed by atoms with E-state index in [1.165, 1.54) is 0 Å². The summed E-state index contributed by atoms with van der Waals surface area (Å²) in [6.07, 6.45) is 1.69. The average Bonchev–Trinajstić information content (AvgIpc) is 2.61. The maximum Gasteiger partial charge on any atom is 0.214 e. The van der Waals surface area contributed by atoms with Crippen LogP contribution in [0.25, 0.3) is 11.3 Å². The molecule has 1 aromatic carbocycles. The number of hydrogen-bond acceptors (Lipinski definition) is 5. The van der Waals surface area contributed by atoms with Gasteiger partial charge in [0.25, 0.3) is 0 Å². The quantitative estimate of drug-likeness (QED) is 0.426. The van der Waals surface area contributed by atoms with Crippen LogP contribution in [0.5, 0.6) is 5.88 Å². The van der Waals surface area contributed by atoms with Crippen molar-refractivity contribution in [3.05, 3.63) is 71.0 Å². The number of nitrogens with zero attached hydrogens (tertiary/aromatic N) is 3. The second-order valence-electron chi connectivity index (χ2n) is 5.70. The number of nitrogens with two attached hydrogens (primary N) is 1. The fraction of sp³-hybridized carbons (Fsp3) is 0.158. The molecule has 3 aromatic rings. The molecule has 2 aromatic heterocycles. The summed E-state index contributed by atoms with van der Waals surface area (Å²) in [5.41, 5.74) is 4.74. The van der Waals surface area contributed by atoms with Crippen molar-refractivity contribution in [2.45, 2.75) is 13.5 Å². The van der Waals surface area contributed by atoms with Gasteiger partial charge in [-0.15, -0.1) is 0 Å². The number of halogens is 1. The Kier molecular flexibility index (Phi) is 5.16. The second kappa shape index (κ2) is 7.51. The molecule has 0 saturated carbocycles. The molecule has 0 atom stereocenters. The van der Waals surface area contributed by atoms with Gasteiger partial charge in [-0.2, -0.15) is 0 Å². The van der Waals surface area contributed by atoms with Crippen molar-refractivity contribution in [1.82, 2.24) is 9.97 Å². The van der Waals surface area contributed by atoms with Gasteiger partial charge in [0.2, 0.25) is 5.88 Å². The molecule has 25 heavy (non-hydrogen) atoms. The van der Waals surface area contributed by atoms with Crippen LogP contribution in [-0.4, -0.2) is 17.0 Å². The Labute approximate surface area is 152 Å². The minimum Gasteiger partial charge on any atom is -0.473 e. The van der Waals surface area contributed by atoms with Crippen LogP contribution in [0.1, 0.15) is 11.1 Å². The van der Waals surface area contributed by atoms with E-state index in [4.69, 9.17) is 22.2 Å². The minimum absolute atomic E-state index is 0.388. The van der Waals surface area contributed by atoms with Crippen LogP contribution in [0.4, 0.5) is 5.69 Å². The van der Waals surface area contributed by atoms with Gasteiger partial charge >= 0.3 is 0 Å². The molecule has 0 aliphatic carbocycles. The van der Waals surface area contributed by atoms with Crippen molar-refractivity contribution in [2.75, 3.05) is 12.1 Å². The molecule has 5 nitrogen and oxygen atoms in total. The maximum absolute atomic E-state index is 5.91. The van der Waals surface area contributed by atoms with Crippen LogP contribution >= 0.6 is 11.6 Å². The molecule has 0 radical (unpaired) electrons. The maximum atomic E-state index is 5.91. The Morgan fingerprint density at radius 2 is 1.92 bits per heavy atom. The summed E-state index contributed by atoms with van der Waals surface area (Å²) in [6.45, 7) is 2.42. The van der Waals surface area contributed by atoms with Crippen LogP contribution in [-0.2, 0) is 6.61 Å². The Morgan fingerprint density at radius 3 is 2.64 bits per heavy atom. The third-order valence-corrected chi connectivity index (χ3v) is 4.10. The van der Waals surface area contributed by atoms with E-state index in [0.29, 0.717) is 17.6 Å². The summed E-state index contributed by atoms with van der Waals surface area (Å²) >= 11 is 5.83. The van der Waals surface area contributed by atoms with E-state index in [1.54, 1.807) is 17.3 Å². The molecular formula is C19H19ClN4O. The van der Waals surface area contributed by atoms with Crippen LogP contribution in [0.15, 0.2) is 54.7 Å². The summed E-state index contributed by atoms with van der Waals surface area (Å²) in [5.74, 6) is 6.45. The number of hydrazine groups is 1. The first-order valence-electron chi connectivity index (χ1n) is 7.83. The van der Waals surface area contributed by atoms with Gasteiger partial charge in [0, 0.05) is 30.4 Å². The van der Waals surface area contributed by atoms with Gasteiger partial charge in [-0.05, 0) is 36.8 Å². The van der Waals surface area contributed by atoms with Gasteiger partial charge < -0.3 is 9.75 Å². The lowest BCUT2D eigenvalue weighted by Crippen LogP contribution is -2.26. The summed E-state index contributed by atoms with van der Waals surface area (Å²) in [5, 5.41) is 2.05. The zero-order valence-electron chi connectivity index (χ0n) is 14.1. The summed E-state index contributed by atoms with van der Waals surface area (Å²) in [4.78, 5) is 8.63. The SMILES string of the molecule is Cc1cccc(N(C)N)c1COc1cccc(-c2ccc(Cl)nc2)n1. The zero-order chi connectivity index (χ0) is 17.8. The van der Waals surface area contributed by atoms with E-state index >= 15 is 0 Å². The van der Waals surface area contributed by atoms with Crippen molar-refractivity contribution in [3.63, 3.8) is 0 Å². The summed E-state index contributed by atoms with van der Waals surface area (Å²) in [6, 6.07) is 15.2. The molecule has 0 unspecified atom stereocenters. The van der Waals surface area contributed by atoms with Crippen LogP contribution in [0.2, 0.25) is 5.15 Å². The standard InChI is InChI=1S/C19H19ClN4O/c1-13-5-3-7-17(24(2)21)15(13)12-25-19-8-4-6-16(23-19)14-9-10-18(20)22-11-14/h3-11H,12,21H2,1-2H3. The van der Waals surface area contributed by atoms with Crippen LogP contribution < -0.4 is 15.6 Å². The number of anilines is 1. The molecule has 0 saturated heterocycles. The number of hydrogen-bond donors (Lipinski definition) is 1. The monoisotopic (exact) mass is 354 g/mol. The smallest absolute Gasteiger partial charge is 0.214 e. The Balaban J connectivity index is 1.81. The lowest BCUT2D eigenvalue weighted by Gasteiger charge is -2.19. The first-order chi connectivity index (χ1) is 12.0. The molecule has 2 N–H and O–H groups in total. The van der Waals surface area contributed by atoms with Crippen LogP contribution in [0.3, 0.4) is 0 Å². The highest BCUT2D eigenvalue weighted by molar-refractivity contribution is 6.29. The molecule has 0 amide bonds. The highest BCUT2D eigenvalue weighted by Gasteiger charge is 2.10. The summed E-state index contributed by atoms with van der Waals surface area (Å²) < 4.78 is 5.91. The zero-order valence-corrected chi connectivity index (χ0v) is 14.9. The van der Waals surface area contributed by atoms with E-state index in [2.05, 4.69) is 9.97 Å². The molecule has 3 rings (SSSR count). The van der Waals surface area contributed by atoms with Gasteiger partial charge in [0.05, 0.1) is 11.4 Å². The molecule has 128 valence electrons.